The molecule has 0 aromatic heterocycles. The van der Waals surface area contributed by atoms with Crippen LogP contribution in [0, 0.1) is 0 Å². The first-order chi connectivity index (χ1) is 9.81. The smallest absolute Gasteiger partial charge is 0.234 e. The van der Waals surface area contributed by atoms with E-state index in [9.17, 15) is 4.79 Å². The topological polar surface area (TPSA) is 44.8 Å². The molecule has 3 aliphatic rings. The maximum atomic E-state index is 11.9. The van der Waals surface area contributed by atoms with E-state index in [0.29, 0.717) is 13.1 Å². The highest BCUT2D eigenvalue weighted by Gasteiger charge is 2.28. The molecule has 114 valence electrons. The van der Waals surface area contributed by atoms with E-state index >= 15 is 0 Å². The van der Waals surface area contributed by atoms with Gasteiger partial charge in [-0.15, -0.1) is 0 Å². The first kappa shape index (κ1) is 14.3. The van der Waals surface area contributed by atoms with Gasteiger partial charge < -0.3 is 10.1 Å². The predicted octanol–water partition coefficient (Wildman–Crippen LogP) is 0.452. The van der Waals surface area contributed by atoms with Gasteiger partial charge in [0.2, 0.25) is 5.91 Å². The molecule has 1 aliphatic carbocycles. The van der Waals surface area contributed by atoms with Crippen molar-refractivity contribution in [2.75, 3.05) is 45.9 Å². The number of amides is 1. The predicted molar refractivity (Wildman–Crippen MR) is 77.6 cm³/mol. The van der Waals surface area contributed by atoms with Crippen LogP contribution in [0.4, 0.5) is 0 Å². The van der Waals surface area contributed by atoms with Crippen molar-refractivity contribution < 1.29 is 9.53 Å². The quantitative estimate of drug-likeness (QED) is 0.795. The number of rotatable bonds is 5. The fourth-order valence-electron chi connectivity index (χ4n) is 3.33. The summed E-state index contributed by atoms with van der Waals surface area (Å²) < 4.78 is 5.52. The molecule has 2 heterocycles. The lowest BCUT2D eigenvalue weighted by atomic mass is 9.91. The van der Waals surface area contributed by atoms with E-state index < -0.39 is 0 Å². The molecule has 2 aliphatic heterocycles. The molecule has 5 nitrogen and oxygen atoms in total. The molecule has 1 amide bonds. The number of carbonyl (C=O) groups excluding carboxylic acids is 1. The van der Waals surface area contributed by atoms with Gasteiger partial charge in [-0.2, -0.15) is 0 Å². The SMILES string of the molecule is O=C(CN1CCN(C2CCC2)CC1)NCC1CCCO1. The number of carbonyl (C=O) groups is 1. The zero-order valence-electron chi connectivity index (χ0n) is 12.4. The second-order valence-corrected chi connectivity index (χ2v) is 6.34. The van der Waals surface area contributed by atoms with Crippen LogP contribution in [0.3, 0.4) is 0 Å². The van der Waals surface area contributed by atoms with Gasteiger partial charge in [-0.3, -0.25) is 14.6 Å². The van der Waals surface area contributed by atoms with Crippen LogP contribution >= 0.6 is 0 Å². The zero-order chi connectivity index (χ0) is 13.8. The Hall–Kier alpha value is -0.650. The summed E-state index contributed by atoms with van der Waals surface area (Å²) in [4.78, 5) is 16.8. The molecule has 1 atom stereocenters. The third-order valence-corrected chi connectivity index (χ3v) is 4.92. The van der Waals surface area contributed by atoms with Gasteiger partial charge in [0.25, 0.3) is 0 Å². The number of piperazine rings is 1. The Morgan fingerprint density at radius 2 is 1.90 bits per heavy atom. The van der Waals surface area contributed by atoms with Crippen molar-refractivity contribution >= 4 is 5.91 Å². The maximum absolute atomic E-state index is 11.9. The molecular formula is C15H27N3O2. The van der Waals surface area contributed by atoms with Crippen LogP contribution in [-0.4, -0.2) is 73.7 Å². The molecule has 1 unspecified atom stereocenters. The number of ether oxygens (including phenoxy) is 1. The summed E-state index contributed by atoms with van der Waals surface area (Å²) in [5.41, 5.74) is 0. The Balaban J connectivity index is 1.30. The van der Waals surface area contributed by atoms with Crippen LogP contribution in [0.5, 0.6) is 0 Å². The summed E-state index contributed by atoms with van der Waals surface area (Å²) in [6, 6.07) is 0.838. The first-order valence-corrected chi connectivity index (χ1v) is 8.16. The Kier molecular flexibility index (Phi) is 4.91. The summed E-state index contributed by atoms with van der Waals surface area (Å²) in [5.74, 6) is 0.151. The summed E-state index contributed by atoms with van der Waals surface area (Å²) in [6.45, 7) is 6.40. The minimum atomic E-state index is 0.151. The lowest BCUT2D eigenvalue weighted by molar-refractivity contribution is -0.123. The number of hydrogen-bond acceptors (Lipinski definition) is 4. The van der Waals surface area contributed by atoms with E-state index in [2.05, 4.69) is 15.1 Å². The van der Waals surface area contributed by atoms with Crippen molar-refractivity contribution in [3.8, 4) is 0 Å². The van der Waals surface area contributed by atoms with Crippen molar-refractivity contribution in [2.45, 2.75) is 44.2 Å². The average molecular weight is 281 g/mol. The third-order valence-electron chi connectivity index (χ3n) is 4.92. The second-order valence-electron chi connectivity index (χ2n) is 6.34. The summed E-state index contributed by atoms with van der Waals surface area (Å²) in [5, 5.41) is 3.01. The van der Waals surface area contributed by atoms with Gasteiger partial charge in [-0.05, 0) is 25.7 Å². The molecule has 3 rings (SSSR count). The monoisotopic (exact) mass is 281 g/mol. The fourth-order valence-corrected chi connectivity index (χ4v) is 3.33. The number of nitrogens with one attached hydrogen (secondary N) is 1. The van der Waals surface area contributed by atoms with E-state index in [4.69, 9.17) is 4.74 Å². The van der Waals surface area contributed by atoms with E-state index in [-0.39, 0.29) is 12.0 Å². The highest BCUT2D eigenvalue weighted by Crippen LogP contribution is 2.25. The first-order valence-electron chi connectivity index (χ1n) is 8.16. The molecule has 0 radical (unpaired) electrons. The second kappa shape index (κ2) is 6.87. The number of hydrogen-bond donors (Lipinski definition) is 1. The van der Waals surface area contributed by atoms with Gasteiger partial charge in [0.15, 0.2) is 0 Å². The molecule has 1 N–H and O–H groups in total. The van der Waals surface area contributed by atoms with Crippen molar-refractivity contribution in [1.29, 1.82) is 0 Å². The van der Waals surface area contributed by atoms with Gasteiger partial charge >= 0.3 is 0 Å². The molecule has 0 aromatic rings. The van der Waals surface area contributed by atoms with E-state index in [0.717, 1.165) is 51.7 Å². The summed E-state index contributed by atoms with van der Waals surface area (Å²) in [7, 11) is 0. The van der Waals surface area contributed by atoms with Gasteiger partial charge in [0, 0.05) is 45.4 Å². The van der Waals surface area contributed by atoms with Crippen LogP contribution in [0.2, 0.25) is 0 Å². The Morgan fingerprint density at radius 1 is 1.10 bits per heavy atom. The zero-order valence-corrected chi connectivity index (χ0v) is 12.4. The Bertz CT molecular complexity index is 319. The highest BCUT2D eigenvalue weighted by atomic mass is 16.5. The molecule has 20 heavy (non-hydrogen) atoms. The number of nitrogens with zero attached hydrogens (tertiary/aromatic N) is 2. The summed E-state index contributed by atoms with van der Waals surface area (Å²) in [6.07, 6.45) is 6.61. The van der Waals surface area contributed by atoms with Crippen molar-refractivity contribution in [3.63, 3.8) is 0 Å². The Labute approximate surface area is 121 Å². The standard InChI is InChI=1S/C15H27N3O2/c19-15(16-11-14-5-2-10-20-14)12-17-6-8-18(9-7-17)13-3-1-4-13/h13-14H,1-12H2,(H,16,19). The Morgan fingerprint density at radius 3 is 2.50 bits per heavy atom. The van der Waals surface area contributed by atoms with Crippen molar-refractivity contribution in [2.24, 2.45) is 0 Å². The lowest BCUT2D eigenvalue weighted by Crippen LogP contribution is -2.54. The third kappa shape index (κ3) is 3.71. The highest BCUT2D eigenvalue weighted by molar-refractivity contribution is 5.78. The van der Waals surface area contributed by atoms with Crippen LogP contribution in [0.15, 0.2) is 0 Å². The molecule has 5 heteroatoms. The van der Waals surface area contributed by atoms with Crippen LogP contribution < -0.4 is 5.32 Å². The van der Waals surface area contributed by atoms with E-state index in [1.54, 1.807) is 0 Å². The lowest BCUT2D eigenvalue weighted by Gasteiger charge is -2.42. The molecule has 3 fully saturated rings. The average Bonchev–Trinajstić information content (AvgIpc) is 2.90. The molecule has 0 aromatic carbocycles. The van der Waals surface area contributed by atoms with Crippen molar-refractivity contribution in [1.82, 2.24) is 15.1 Å². The van der Waals surface area contributed by atoms with Gasteiger partial charge in [-0.1, -0.05) is 6.42 Å². The normalized spacial score (nSPS) is 29.3. The minimum Gasteiger partial charge on any atom is -0.376 e. The molecule has 0 bridgehead atoms. The van der Waals surface area contributed by atoms with Gasteiger partial charge in [0.05, 0.1) is 12.6 Å². The van der Waals surface area contributed by atoms with Gasteiger partial charge in [-0.25, -0.2) is 0 Å². The molecule has 1 saturated carbocycles. The molecular weight excluding hydrogens is 254 g/mol. The van der Waals surface area contributed by atoms with Gasteiger partial charge in [0.1, 0.15) is 0 Å². The van der Waals surface area contributed by atoms with Crippen LogP contribution in [0.25, 0.3) is 0 Å². The molecule has 2 saturated heterocycles. The summed E-state index contributed by atoms with van der Waals surface area (Å²) >= 11 is 0. The van der Waals surface area contributed by atoms with E-state index in [1.165, 1.54) is 19.3 Å². The van der Waals surface area contributed by atoms with Crippen molar-refractivity contribution in [3.05, 3.63) is 0 Å². The largest absolute Gasteiger partial charge is 0.376 e. The molecule has 0 spiro atoms. The fraction of sp³-hybridized carbons (Fsp3) is 0.933. The van der Waals surface area contributed by atoms with Crippen LogP contribution in [-0.2, 0) is 9.53 Å². The minimum absolute atomic E-state index is 0.151. The van der Waals surface area contributed by atoms with E-state index in [1.807, 2.05) is 0 Å². The van der Waals surface area contributed by atoms with Crippen LogP contribution in [0.1, 0.15) is 32.1 Å². The maximum Gasteiger partial charge on any atom is 0.234 e.